The minimum atomic E-state index is -1.75. The van der Waals surface area contributed by atoms with Crippen LogP contribution in [0.4, 0.5) is 0 Å². The summed E-state index contributed by atoms with van der Waals surface area (Å²) in [6.07, 6.45) is -8.52. The molecule has 1 heterocycles. The van der Waals surface area contributed by atoms with E-state index >= 15 is 0 Å². The fourth-order valence-corrected chi connectivity index (χ4v) is 2.08. The third kappa shape index (κ3) is 4.84. The van der Waals surface area contributed by atoms with Gasteiger partial charge in [0.2, 0.25) is 5.91 Å². The molecule has 0 aromatic carbocycles. The molecule has 11 heteroatoms. The maximum atomic E-state index is 11.7. The van der Waals surface area contributed by atoms with Gasteiger partial charge in [-0.1, -0.05) is 0 Å². The van der Waals surface area contributed by atoms with Crippen molar-refractivity contribution < 1.29 is 49.8 Å². The molecule has 0 aromatic rings. The van der Waals surface area contributed by atoms with E-state index in [1.54, 1.807) is 0 Å². The fraction of sp³-hybridized carbons (Fsp3) is 0.750. The van der Waals surface area contributed by atoms with Crippen molar-refractivity contribution in [3.63, 3.8) is 0 Å². The lowest BCUT2D eigenvalue weighted by molar-refractivity contribution is -0.236. The summed E-state index contributed by atoms with van der Waals surface area (Å²) in [5.41, 5.74) is 0. The first-order valence-corrected chi connectivity index (χ1v) is 6.74. The minimum absolute atomic E-state index is 0.474. The van der Waals surface area contributed by atoms with Crippen LogP contribution in [-0.4, -0.2) is 85.7 Å². The van der Waals surface area contributed by atoms with Crippen LogP contribution in [0.3, 0.4) is 0 Å². The van der Waals surface area contributed by atoms with Crippen LogP contribution in [0.2, 0.25) is 0 Å². The quantitative estimate of drug-likeness (QED) is 0.229. The normalized spacial score (nSPS) is 30.9. The molecule has 0 spiro atoms. The second-order valence-electron chi connectivity index (χ2n) is 5.08. The van der Waals surface area contributed by atoms with Gasteiger partial charge in [-0.05, 0) is 6.42 Å². The molecule has 0 radical (unpaired) electrons. The van der Waals surface area contributed by atoms with Gasteiger partial charge in [-0.25, -0.2) is 0 Å². The van der Waals surface area contributed by atoms with Gasteiger partial charge in [0.05, 0.1) is 6.61 Å². The van der Waals surface area contributed by atoms with Crippen molar-refractivity contribution in [2.24, 2.45) is 5.92 Å². The van der Waals surface area contributed by atoms with Crippen LogP contribution in [0.5, 0.6) is 0 Å². The van der Waals surface area contributed by atoms with Gasteiger partial charge in [0, 0.05) is 6.42 Å². The number of rotatable bonds is 7. The van der Waals surface area contributed by atoms with Crippen molar-refractivity contribution in [3.8, 4) is 0 Å². The summed E-state index contributed by atoms with van der Waals surface area (Å²) in [6.45, 7) is -0.669. The number of carbonyl (C=O) groups is 3. The standard InChI is InChI=1S/C12H19NO10/c14-3-5-7(16)8(17)9(18)10(23-5)13-6(15)2-1-4(11(19)20)12(21)22/h4-5,7-10,14,16-18H,1-3H2,(H,13,15)(H,19,20)(H,21,22). The third-order valence-corrected chi connectivity index (χ3v) is 3.45. The van der Waals surface area contributed by atoms with Crippen LogP contribution >= 0.6 is 0 Å². The Morgan fingerprint density at radius 3 is 2.04 bits per heavy atom. The Morgan fingerprint density at radius 2 is 1.57 bits per heavy atom. The van der Waals surface area contributed by atoms with Crippen molar-refractivity contribution in [2.45, 2.75) is 43.5 Å². The average molecular weight is 337 g/mol. The Kier molecular flexibility index (Phi) is 6.84. The monoisotopic (exact) mass is 337 g/mol. The zero-order valence-corrected chi connectivity index (χ0v) is 11.9. The lowest BCUT2D eigenvalue weighted by atomic mass is 9.98. The van der Waals surface area contributed by atoms with E-state index in [4.69, 9.17) is 20.1 Å². The maximum Gasteiger partial charge on any atom is 0.317 e. The summed E-state index contributed by atoms with van der Waals surface area (Å²) in [4.78, 5) is 33.1. The van der Waals surface area contributed by atoms with Gasteiger partial charge < -0.3 is 40.7 Å². The Balaban J connectivity index is 2.59. The van der Waals surface area contributed by atoms with E-state index in [1.165, 1.54) is 0 Å². The molecule has 0 bridgehead atoms. The average Bonchev–Trinajstić information content (AvgIpc) is 2.47. The van der Waals surface area contributed by atoms with Crippen LogP contribution in [0.15, 0.2) is 0 Å². The zero-order chi connectivity index (χ0) is 17.7. The molecule has 0 aliphatic carbocycles. The van der Waals surface area contributed by atoms with Gasteiger partial charge in [-0.2, -0.15) is 0 Å². The van der Waals surface area contributed by atoms with Crippen LogP contribution in [0, 0.1) is 5.92 Å². The second-order valence-corrected chi connectivity index (χ2v) is 5.08. The van der Waals surface area contributed by atoms with Gasteiger partial charge in [0.1, 0.15) is 24.4 Å². The number of carboxylic acids is 2. The van der Waals surface area contributed by atoms with E-state index < -0.39 is 73.9 Å². The Bertz CT molecular complexity index is 439. The first kappa shape index (κ1) is 19.3. The van der Waals surface area contributed by atoms with Crippen molar-refractivity contribution in [1.82, 2.24) is 5.32 Å². The molecular formula is C12H19NO10. The Labute approximate surface area is 130 Å². The van der Waals surface area contributed by atoms with Crippen molar-refractivity contribution in [2.75, 3.05) is 6.61 Å². The highest BCUT2D eigenvalue weighted by Crippen LogP contribution is 2.20. The highest BCUT2D eigenvalue weighted by molar-refractivity contribution is 5.93. The van der Waals surface area contributed by atoms with Gasteiger partial charge in [0.25, 0.3) is 0 Å². The predicted octanol–water partition coefficient (Wildman–Crippen LogP) is -3.53. The first-order chi connectivity index (χ1) is 10.7. The largest absolute Gasteiger partial charge is 0.481 e. The molecule has 23 heavy (non-hydrogen) atoms. The number of nitrogens with one attached hydrogen (secondary N) is 1. The topological polar surface area (TPSA) is 194 Å². The first-order valence-electron chi connectivity index (χ1n) is 6.74. The van der Waals surface area contributed by atoms with Gasteiger partial charge in [-0.15, -0.1) is 0 Å². The summed E-state index contributed by atoms with van der Waals surface area (Å²) >= 11 is 0. The van der Waals surface area contributed by atoms with E-state index in [9.17, 15) is 29.7 Å². The molecule has 1 aliphatic heterocycles. The number of amides is 1. The summed E-state index contributed by atoms with van der Waals surface area (Å²) < 4.78 is 5.03. The zero-order valence-electron chi connectivity index (χ0n) is 11.9. The summed E-state index contributed by atoms with van der Waals surface area (Å²) in [7, 11) is 0. The lowest BCUT2D eigenvalue weighted by Gasteiger charge is -2.40. The van der Waals surface area contributed by atoms with Crippen molar-refractivity contribution in [1.29, 1.82) is 0 Å². The third-order valence-electron chi connectivity index (χ3n) is 3.45. The molecule has 7 N–H and O–H groups in total. The minimum Gasteiger partial charge on any atom is -0.481 e. The van der Waals surface area contributed by atoms with E-state index in [2.05, 4.69) is 5.32 Å². The van der Waals surface area contributed by atoms with E-state index in [0.717, 1.165) is 0 Å². The number of hydrogen-bond donors (Lipinski definition) is 7. The highest BCUT2D eigenvalue weighted by atomic mass is 16.6. The number of aliphatic hydroxyl groups is 4. The number of ether oxygens (including phenoxy) is 1. The van der Waals surface area contributed by atoms with Gasteiger partial charge in [-0.3, -0.25) is 14.4 Å². The molecule has 5 atom stereocenters. The SMILES string of the molecule is O=C(CCC(C(=O)O)C(=O)O)NC1OC(CO)C(O)C(O)C1O. The number of carboxylic acid groups (broad SMARTS) is 2. The van der Waals surface area contributed by atoms with Crippen LogP contribution < -0.4 is 5.32 Å². The maximum absolute atomic E-state index is 11.7. The molecule has 0 saturated carbocycles. The molecule has 1 fully saturated rings. The van der Waals surface area contributed by atoms with Gasteiger partial charge in [0.15, 0.2) is 12.1 Å². The van der Waals surface area contributed by atoms with Crippen molar-refractivity contribution >= 4 is 17.8 Å². The molecular weight excluding hydrogens is 318 g/mol. The summed E-state index contributed by atoms with van der Waals surface area (Å²) in [5, 5.41) is 57.3. The number of hydrogen-bond acceptors (Lipinski definition) is 8. The molecule has 5 unspecified atom stereocenters. The summed E-state index contributed by atoms with van der Waals surface area (Å²) in [6, 6.07) is 0. The Morgan fingerprint density at radius 1 is 1.00 bits per heavy atom. The predicted molar refractivity (Wildman–Crippen MR) is 69.9 cm³/mol. The van der Waals surface area contributed by atoms with Gasteiger partial charge >= 0.3 is 11.9 Å². The van der Waals surface area contributed by atoms with Crippen LogP contribution in [0.25, 0.3) is 0 Å². The molecule has 1 rings (SSSR count). The summed E-state index contributed by atoms with van der Waals surface area (Å²) in [5.74, 6) is -5.74. The molecule has 11 nitrogen and oxygen atoms in total. The van der Waals surface area contributed by atoms with E-state index in [1.807, 2.05) is 0 Å². The van der Waals surface area contributed by atoms with E-state index in [0.29, 0.717) is 0 Å². The van der Waals surface area contributed by atoms with E-state index in [-0.39, 0.29) is 0 Å². The Hall–Kier alpha value is -1.79. The molecule has 0 aromatic heterocycles. The number of aliphatic carboxylic acids is 2. The number of carbonyl (C=O) groups excluding carboxylic acids is 1. The number of aliphatic hydroxyl groups excluding tert-OH is 4. The second kappa shape index (κ2) is 8.17. The fourth-order valence-electron chi connectivity index (χ4n) is 2.08. The molecule has 1 amide bonds. The van der Waals surface area contributed by atoms with Crippen molar-refractivity contribution in [3.05, 3.63) is 0 Å². The van der Waals surface area contributed by atoms with Crippen LogP contribution in [0.1, 0.15) is 12.8 Å². The molecule has 132 valence electrons. The highest BCUT2D eigenvalue weighted by Gasteiger charge is 2.44. The van der Waals surface area contributed by atoms with Crippen LogP contribution in [-0.2, 0) is 19.1 Å². The molecule has 1 aliphatic rings. The molecule has 1 saturated heterocycles. The smallest absolute Gasteiger partial charge is 0.317 e. The lowest BCUT2D eigenvalue weighted by Crippen LogP contribution is -2.63.